The molecule has 0 saturated carbocycles. The maximum Gasteiger partial charge on any atom is 0.244 e. The molecule has 0 aliphatic carbocycles. The molecular formula is C17H18N2O5S2. The van der Waals surface area contributed by atoms with Crippen molar-refractivity contribution >= 4 is 31.6 Å². The van der Waals surface area contributed by atoms with E-state index in [0.29, 0.717) is 0 Å². The standard InChI is InChI=1S/C17H18N2O5S2/c1-13-12-25(21,22)19(17(13)20)15-7-9-16(10-8-15)26(23,24)18-11-14-5-3-2-4-6-14/h2-10,13,18H,11-12H2,1H3. The Labute approximate surface area is 152 Å². The van der Waals surface area contributed by atoms with Gasteiger partial charge in [0.05, 0.1) is 22.3 Å². The van der Waals surface area contributed by atoms with E-state index in [2.05, 4.69) is 4.72 Å². The van der Waals surface area contributed by atoms with Gasteiger partial charge >= 0.3 is 0 Å². The van der Waals surface area contributed by atoms with Crippen LogP contribution < -0.4 is 9.03 Å². The number of anilines is 1. The van der Waals surface area contributed by atoms with Crippen molar-refractivity contribution < 1.29 is 21.6 Å². The zero-order valence-corrected chi connectivity index (χ0v) is 15.6. The van der Waals surface area contributed by atoms with Crippen LogP contribution in [0, 0.1) is 5.92 Å². The molecule has 1 unspecified atom stereocenters. The van der Waals surface area contributed by atoms with Crippen molar-refractivity contribution in [2.45, 2.75) is 18.4 Å². The fraction of sp³-hybridized carbons (Fsp3) is 0.235. The van der Waals surface area contributed by atoms with Crippen LogP contribution in [-0.2, 0) is 31.4 Å². The van der Waals surface area contributed by atoms with Gasteiger partial charge in [0.25, 0.3) is 0 Å². The van der Waals surface area contributed by atoms with Crippen molar-refractivity contribution in [2.75, 3.05) is 10.1 Å². The predicted octanol–water partition coefficient (Wildman–Crippen LogP) is 1.48. The molecule has 1 aliphatic heterocycles. The molecule has 1 amide bonds. The van der Waals surface area contributed by atoms with Gasteiger partial charge in [-0.3, -0.25) is 4.79 Å². The fourth-order valence-corrected chi connectivity index (χ4v) is 5.54. The second kappa shape index (κ2) is 6.82. The van der Waals surface area contributed by atoms with Gasteiger partial charge in [0, 0.05) is 6.54 Å². The van der Waals surface area contributed by atoms with E-state index < -0.39 is 31.9 Å². The maximum atomic E-state index is 12.4. The van der Waals surface area contributed by atoms with Crippen LogP contribution in [0.15, 0.2) is 59.5 Å². The summed E-state index contributed by atoms with van der Waals surface area (Å²) in [5.74, 6) is -1.37. The van der Waals surface area contributed by atoms with Crippen molar-refractivity contribution in [3.63, 3.8) is 0 Å². The summed E-state index contributed by atoms with van der Waals surface area (Å²) in [5.41, 5.74) is 0.955. The number of rotatable bonds is 5. The molecule has 1 atom stereocenters. The Kier molecular flexibility index (Phi) is 4.87. The lowest BCUT2D eigenvalue weighted by Gasteiger charge is -2.15. The van der Waals surface area contributed by atoms with Gasteiger partial charge < -0.3 is 0 Å². The van der Waals surface area contributed by atoms with Gasteiger partial charge in [-0.25, -0.2) is 25.9 Å². The largest absolute Gasteiger partial charge is 0.273 e. The summed E-state index contributed by atoms with van der Waals surface area (Å²) in [6, 6.07) is 14.3. The number of benzene rings is 2. The monoisotopic (exact) mass is 394 g/mol. The van der Waals surface area contributed by atoms with Crippen molar-refractivity contribution in [3.8, 4) is 0 Å². The van der Waals surface area contributed by atoms with Crippen molar-refractivity contribution in [2.24, 2.45) is 5.92 Å². The molecule has 138 valence electrons. The van der Waals surface area contributed by atoms with Crippen LogP contribution in [0.1, 0.15) is 12.5 Å². The molecule has 3 rings (SSSR count). The Bertz CT molecular complexity index is 1020. The van der Waals surface area contributed by atoms with Crippen LogP contribution >= 0.6 is 0 Å². The van der Waals surface area contributed by atoms with Crippen molar-refractivity contribution in [3.05, 3.63) is 60.2 Å². The molecule has 2 aromatic carbocycles. The number of nitrogens with zero attached hydrogens (tertiary/aromatic N) is 1. The summed E-state index contributed by atoms with van der Waals surface area (Å²) in [6.45, 7) is 1.69. The molecule has 0 aromatic heterocycles. The Balaban J connectivity index is 1.80. The summed E-state index contributed by atoms with van der Waals surface area (Å²) >= 11 is 0. The second-order valence-electron chi connectivity index (χ2n) is 6.09. The summed E-state index contributed by atoms with van der Waals surface area (Å²) < 4.78 is 52.2. The molecule has 1 fully saturated rings. The first-order chi connectivity index (χ1) is 12.2. The quantitative estimate of drug-likeness (QED) is 0.828. The van der Waals surface area contributed by atoms with Crippen LogP contribution in [0.2, 0.25) is 0 Å². The summed E-state index contributed by atoms with van der Waals surface area (Å²) in [4.78, 5) is 12.1. The van der Waals surface area contributed by atoms with Gasteiger partial charge in [-0.1, -0.05) is 37.3 Å². The third-order valence-corrected chi connectivity index (χ3v) is 7.34. The molecule has 2 aromatic rings. The van der Waals surface area contributed by atoms with Crippen LogP contribution in [0.4, 0.5) is 5.69 Å². The lowest BCUT2D eigenvalue weighted by atomic mass is 10.2. The maximum absolute atomic E-state index is 12.4. The summed E-state index contributed by atoms with van der Waals surface area (Å²) in [6.07, 6.45) is 0. The highest BCUT2D eigenvalue weighted by atomic mass is 32.2. The molecular weight excluding hydrogens is 376 g/mol. The molecule has 7 nitrogen and oxygen atoms in total. The number of carbonyl (C=O) groups is 1. The number of sulfonamides is 2. The number of nitrogens with one attached hydrogen (secondary N) is 1. The predicted molar refractivity (Wildman–Crippen MR) is 97.3 cm³/mol. The van der Waals surface area contributed by atoms with Crippen LogP contribution in [-0.4, -0.2) is 28.5 Å². The average molecular weight is 394 g/mol. The van der Waals surface area contributed by atoms with Gasteiger partial charge in [-0.2, -0.15) is 0 Å². The molecule has 26 heavy (non-hydrogen) atoms. The minimum atomic E-state index is -3.75. The van der Waals surface area contributed by atoms with Gasteiger partial charge in [-0.05, 0) is 29.8 Å². The van der Waals surface area contributed by atoms with E-state index >= 15 is 0 Å². The lowest BCUT2D eigenvalue weighted by molar-refractivity contribution is -0.119. The first-order valence-corrected chi connectivity index (χ1v) is 11.0. The van der Waals surface area contributed by atoms with E-state index in [-0.39, 0.29) is 22.9 Å². The minimum Gasteiger partial charge on any atom is -0.273 e. The number of hydrogen-bond acceptors (Lipinski definition) is 5. The molecule has 1 N–H and O–H groups in total. The summed E-state index contributed by atoms with van der Waals surface area (Å²) in [7, 11) is -7.47. The Morgan fingerprint density at radius 3 is 2.23 bits per heavy atom. The molecule has 1 saturated heterocycles. The third-order valence-electron chi connectivity index (χ3n) is 4.05. The molecule has 1 aliphatic rings. The number of hydrogen-bond donors (Lipinski definition) is 1. The van der Waals surface area contributed by atoms with E-state index in [9.17, 15) is 21.6 Å². The molecule has 0 spiro atoms. The van der Waals surface area contributed by atoms with Gasteiger partial charge in [0.2, 0.25) is 26.0 Å². The number of amides is 1. The Morgan fingerprint density at radius 1 is 1.08 bits per heavy atom. The van der Waals surface area contributed by atoms with Crippen molar-refractivity contribution in [1.82, 2.24) is 4.72 Å². The molecule has 0 radical (unpaired) electrons. The Morgan fingerprint density at radius 2 is 1.69 bits per heavy atom. The Hall–Kier alpha value is -2.23. The lowest BCUT2D eigenvalue weighted by Crippen LogP contribution is -2.30. The summed E-state index contributed by atoms with van der Waals surface area (Å²) in [5, 5.41) is 0. The minimum absolute atomic E-state index is 0.00530. The number of carbonyl (C=O) groups excluding carboxylic acids is 1. The molecule has 0 bridgehead atoms. The third kappa shape index (κ3) is 3.64. The highest BCUT2D eigenvalue weighted by Crippen LogP contribution is 2.28. The zero-order chi connectivity index (χ0) is 18.9. The van der Waals surface area contributed by atoms with E-state index in [4.69, 9.17) is 0 Å². The van der Waals surface area contributed by atoms with Crippen molar-refractivity contribution in [1.29, 1.82) is 0 Å². The topological polar surface area (TPSA) is 101 Å². The molecule has 9 heteroatoms. The fourth-order valence-electron chi connectivity index (χ4n) is 2.71. The normalized spacial score (nSPS) is 19.7. The first kappa shape index (κ1) is 18.6. The highest BCUT2D eigenvalue weighted by Gasteiger charge is 2.41. The van der Waals surface area contributed by atoms with Gasteiger partial charge in [0.1, 0.15) is 0 Å². The van der Waals surface area contributed by atoms with Gasteiger partial charge in [-0.15, -0.1) is 0 Å². The van der Waals surface area contributed by atoms with Crippen LogP contribution in [0.25, 0.3) is 0 Å². The van der Waals surface area contributed by atoms with Crippen LogP contribution in [0.3, 0.4) is 0 Å². The second-order valence-corrected chi connectivity index (χ2v) is 9.72. The molecule has 1 heterocycles. The van der Waals surface area contributed by atoms with Crippen LogP contribution in [0.5, 0.6) is 0 Å². The van der Waals surface area contributed by atoms with E-state index in [0.717, 1.165) is 9.87 Å². The van der Waals surface area contributed by atoms with E-state index in [1.54, 1.807) is 19.1 Å². The SMILES string of the molecule is CC1CS(=O)(=O)N(c2ccc(S(=O)(=O)NCc3ccccc3)cc2)C1=O. The highest BCUT2D eigenvalue weighted by molar-refractivity contribution is 7.94. The van der Waals surface area contributed by atoms with Gasteiger partial charge in [0.15, 0.2) is 0 Å². The van der Waals surface area contributed by atoms with E-state index in [1.165, 1.54) is 24.3 Å². The average Bonchev–Trinajstić information content (AvgIpc) is 2.81. The smallest absolute Gasteiger partial charge is 0.244 e. The zero-order valence-electron chi connectivity index (χ0n) is 14.0. The van der Waals surface area contributed by atoms with E-state index in [1.807, 2.05) is 18.2 Å². The first-order valence-electron chi connectivity index (χ1n) is 7.91.